The van der Waals surface area contributed by atoms with Gasteiger partial charge in [-0.15, -0.1) is 0 Å². The van der Waals surface area contributed by atoms with E-state index >= 15 is 0 Å². The number of anilines is 1. The molecule has 0 radical (unpaired) electrons. The van der Waals surface area contributed by atoms with Gasteiger partial charge in [-0.1, -0.05) is 48.5 Å². The lowest BCUT2D eigenvalue weighted by Crippen LogP contribution is -2.52. The fourth-order valence-electron chi connectivity index (χ4n) is 5.22. The van der Waals surface area contributed by atoms with Crippen molar-refractivity contribution in [2.75, 3.05) is 11.6 Å². The Bertz CT molecular complexity index is 1640. The van der Waals surface area contributed by atoms with Crippen molar-refractivity contribution in [3.05, 3.63) is 65.7 Å². The molecule has 1 aliphatic rings. The number of hydrogen-bond acceptors (Lipinski definition) is 8. The lowest BCUT2D eigenvalue weighted by molar-refractivity contribution is -0.152. The van der Waals surface area contributed by atoms with E-state index in [0.29, 0.717) is 11.1 Å². The third-order valence-corrected chi connectivity index (χ3v) is 7.62. The summed E-state index contributed by atoms with van der Waals surface area (Å²) in [4.78, 5) is 70.6. The minimum absolute atomic E-state index is 0.110. The Morgan fingerprint density at radius 2 is 1.44 bits per heavy atom. The Hall–Kier alpha value is -5.16. The number of alkyl carbamates (subject to hydrolysis) is 1. The number of hydrogen-bond donors (Lipinski definition) is 3. The monoisotopic (exact) mass is 743 g/mol. The van der Waals surface area contributed by atoms with Crippen molar-refractivity contribution in [1.29, 1.82) is 0 Å². The van der Waals surface area contributed by atoms with Crippen molar-refractivity contribution >= 4 is 41.2 Å². The highest BCUT2D eigenvalue weighted by Crippen LogP contribution is 2.33. The maximum Gasteiger partial charge on any atom is 0.408 e. The molecule has 284 valence electrons. The second-order valence-electron chi connectivity index (χ2n) is 12.9. The highest BCUT2D eigenvalue weighted by Gasteiger charge is 2.41. The first-order valence-electron chi connectivity index (χ1n) is 16.0. The van der Waals surface area contributed by atoms with Crippen LogP contribution in [0, 0.1) is 11.8 Å². The molecule has 52 heavy (non-hydrogen) atoms. The summed E-state index contributed by atoms with van der Waals surface area (Å²) in [6.45, 7) is 5.29. The predicted octanol–water partition coefficient (Wildman–Crippen LogP) is 5.13. The molecule has 12 nitrogen and oxygen atoms in total. The molecule has 2 aromatic carbocycles. The van der Waals surface area contributed by atoms with Crippen molar-refractivity contribution in [2.24, 2.45) is 22.6 Å². The van der Waals surface area contributed by atoms with E-state index in [1.165, 1.54) is 13.0 Å². The summed E-state index contributed by atoms with van der Waals surface area (Å²) >= 11 is 0. The Morgan fingerprint density at radius 1 is 0.885 bits per heavy atom. The molecule has 0 saturated heterocycles. The van der Waals surface area contributed by atoms with Crippen LogP contribution < -0.4 is 21.3 Å². The van der Waals surface area contributed by atoms with E-state index in [0.717, 1.165) is 4.90 Å². The van der Waals surface area contributed by atoms with Crippen LogP contribution in [0.4, 0.5) is 36.8 Å². The number of nitrogens with zero attached hydrogens (tertiary/aromatic N) is 2. The quantitative estimate of drug-likeness (QED) is 0.189. The molecule has 0 aromatic heterocycles. The van der Waals surface area contributed by atoms with Crippen molar-refractivity contribution in [3.8, 4) is 0 Å². The summed E-state index contributed by atoms with van der Waals surface area (Å²) in [6.07, 6.45) is -18.0. The van der Waals surface area contributed by atoms with Crippen molar-refractivity contribution < 1.29 is 59.8 Å². The van der Waals surface area contributed by atoms with Crippen LogP contribution in [-0.2, 0) is 28.7 Å². The molecule has 18 heteroatoms. The van der Waals surface area contributed by atoms with Crippen LogP contribution in [0.2, 0.25) is 0 Å². The van der Waals surface area contributed by atoms with Gasteiger partial charge < -0.3 is 25.8 Å². The van der Waals surface area contributed by atoms with Gasteiger partial charge in [-0.2, -0.15) is 26.3 Å². The number of fused-ring (bicyclic) bond motifs is 1. The molecule has 0 aliphatic carbocycles. The average Bonchev–Trinajstić information content (AvgIpc) is 3.13. The third kappa shape index (κ3) is 12.3. The molecule has 0 saturated carbocycles. The zero-order valence-electron chi connectivity index (χ0n) is 28.6. The fraction of sp³-hybridized carbons (Fsp3) is 0.471. The third-order valence-electron chi connectivity index (χ3n) is 7.62. The van der Waals surface area contributed by atoms with Gasteiger partial charge in [0, 0.05) is 35.8 Å². The number of carbonyl (C=O) groups excluding carboxylic acids is 5. The lowest BCUT2D eigenvalue weighted by Gasteiger charge is -2.28. The van der Waals surface area contributed by atoms with Gasteiger partial charge in [-0.05, 0) is 46.6 Å². The summed E-state index contributed by atoms with van der Waals surface area (Å²) in [5.74, 6) is -8.93. The summed E-state index contributed by atoms with van der Waals surface area (Å²) < 4.78 is 89.7. The minimum Gasteiger partial charge on any atom is -0.444 e. The maximum atomic E-state index is 14.1. The smallest absolute Gasteiger partial charge is 0.408 e. The van der Waals surface area contributed by atoms with Crippen molar-refractivity contribution in [1.82, 2.24) is 10.6 Å². The molecule has 0 bridgehead atoms. The predicted molar refractivity (Wildman–Crippen MR) is 174 cm³/mol. The summed E-state index contributed by atoms with van der Waals surface area (Å²) in [7, 11) is 0. The van der Waals surface area contributed by atoms with E-state index in [1.54, 1.807) is 69.3 Å². The number of carbonyl (C=O) groups is 5. The van der Waals surface area contributed by atoms with Crippen LogP contribution in [-0.4, -0.2) is 72.4 Å². The molecule has 1 heterocycles. The van der Waals surface area contributed by atoms with Crippen LogP contribution in [0.5, 0.6) is 0 Å². The Morgan fingerprint density at radius 3 is 2.00 bits per heavy atom. The van der Waals surface area contributed by atoms with Gasteiger partial charge in [-0.25, -0.2) is 14.6 Å². The molecule has 4 amide bonds. The number of nitrogens with two attached hydrogens (primary N) is 1. The van der Waals surface area contributed by atoms with E-state index in [4.69, 9.17) is 15.2 Å². The van der Waals surface area contributed by atoms with E-state index in [1.807, 2.05) is 0 Å². The standard InChI is InChI=1S/C34H39F6N5O7/c1-19(42-31(50)52-32(2,3)4)30(49)51-18-45-24-13-9-8-12-23(24)25(20-10-6-5-7-11-20)43-27(29(45)48)44-28(47)22(15-17-34(38,39)40)21(26(41)46)14-16-33(35,36)37/h5-13,19,21-22,27H,14-18H2,1-4H3,(H2,41,46)(H,42,50)(H,44,47)/t19-,21-,22+,27+/m0/s1. The zero-order valence-corrected chi connectivity index (χ0v) is 28.6. The Balaban J connectivity index is 2.03. The number of primary amides is 1. The highest BCUT2D eigenvalue weighted by atomic mass is 19.4. The number of nitrogens with one attached hydrogen (secondary N) is 2. The molecule has 2 aromatic rings. The average molecular weight is 744 g/mol. The first-order valence-corrected chi connectivity index (χ1v) is 16.0. The first-order chi connectivity index (χ1) is 24.1. The van der Waals surface area contributed by atoms with Crippen molar-refractivity contribution in [2.45, 2.75) is 83.5 Å². The molecular weight excluding hydrogens is 704 g/mol. The van der Waals surface area contributed by atoms with Gasteiger partial charge in [0.2, 0.25) is 18.0 Å². The number of benzodiazepines with no additional fused rings is 1. The second-order valence-corrected chi connectivity index (χ2v) is 12.9. The van der Waals surface area contributed by atoms with Crippen LogP contribution in [0.1, 0.15) is 64.5 Å². The van der Waals surface area contributed by atoms with Crippen LogP contribution >= 0.6 is 0 Å². The fourth-order valence-corrected chi connectivity index (χ4v) is 5.22. The first kappa shape index (κ1) is 41.3. The van der Waals surface area contributed by atoms with Crippen LogP contribution in [0.3, 0.4) is 0 Å². The van der Waals surface area contributed by atoms with Gasteiger partial charge >= 0.3 is 24.4 Å². The summed E-state index contributed by atoms with van der Waals surface area (Å²) in [6, 6.07) is 13.1. The van der Waals surface area contributed by atoms with Crippen LogP contribution in [0.15, 0.2) is 59.6 Å². The zero-order chi connectivity index (χ0) is 39.0. The minimum atomic E-state index is -4.86. The van der Waals surface area contributed by atoms with Crippen LogP contribution in [0.25, 0.3) is 0 Å². The van der Waals surface area contributed by atoms with E-state index in [2.05, 4.69) is 15.6 Å². The largest absolute Gasteiger partial charge is 0.444 e. The topological polar surface area (TPSA) is 169 Å². The number of alkyl halides is 6. The van der Waals surface area contributed by atoms with E-state index in [-0.39, 0.29) is 11.4 Å². The molecular formula is C34H39F6N5O7. The van der Waals surface area contributed by atoms with Gasteiger partial charge in [0.15, 0.2) is 6.73 Å². The number of halogens is 6. The Labute approximate surface area is 295 Å². The van der Waals surface area contributed by atoms with E-state index in [9.17, 15) is 50.3 Å². The number of aliphatic imine (C=N–C) groups is 1. The molecule has 0 fully saturated rings. The maximum absolute atomic E-state index is 14.1. The second kappa shape index (κ2) is 16.9. The number of ether oxygens (including phenoxy) is 2. The molecule has 4 N–H and O–H groups in total. The van der Waals surface area contributed by atoms with Gasteiger partial charge in [-0.3, -0.25) is 19.3 Å². The number of rotatable bonds is 13. The SMILES string of the molecule is C[C@H](NC(=O)OC(C)(C)C)C(=O)OCN1C(=O)[C@@H](NC(=O)[C@H](CCC(F)(F)F)[C@H](CCC(F)(F)F)C(N)=O)N=C(c2ccccc2)c2ccccc21. The van der Waals surface area contributed by atoms with E-state index < -0.39 is 104 Å². The highest BCUT2D eigenvalue weighted by molar-refractivity contribution is 6.20. The molecule has 1 aliphatic heterocycles. The molecule has 4 atom stereocenters. The number of amides is 4. The molecule has 0 spiro atoms. The van der Waals surface area contributed by atoms with Gasteiger partial charge in [0.05, 0.1) is 11.4 Å². The molecule has 3 rings (SSSR count). The lowest BCUT2D eigenvalue weighted by atomic mass is 9.83. The summed E-state index contributed by atoms with van der Waals surface area (Å²) in [5.41, 5.74) is 5.38. The number of esters is 1. The Kier molecular flexibility index (Phi) is 13.4. The van der Waals surface area contributed by atoms with Gasteiger partial charge in [0.1, 0.15) is 11.6 Å². The number of para-hydroxylation sites is 1. The summed E-state index contributed by atoms with van der Waals surface area (Å²) in [5, 5.41) is 4.51. The van der Waals surface area contributed by atoms with Gasteiger partial charge in [0.25, 0.3) is 5.91 Å². The van der Waals surface area contributed by atoms with Crippen molar-refractivity contribution in [3.63, 3.8) is 0 Å². The molecule has 0 unspecified atom stereocenters. The number of benzene rings is 2. The normalized spacial score (nSPS) is 16.7.